The third-order valence-corrected chi connectivity index (χ3v) is 0. The molecule has 0 rings (SSSR count). The first-order valence-corrected chi connectivity index (χ1v) is 1.90. The van der Waals surface area contributed by atoms with Crippen molar-refractivity contribution in [2.24, 2.45) is 0 Å². The van der Waals surface area contributed by atoms with Crippen LogP contribution >= 0.6 is 0 Å². The molecule has 0 nitrogen and oxygen atoms in total. The Kier molecular flexibility index (Phi) is 70.8. The Hall–Kier alpha value is 0.862. The van der Waals surface area contributed by atoms with E-state index in [4.69, 9.17) is 0 Å². The van der Waals surface area contributed by atoms with Crippen LogP contribution in [0.4, 0.5) is 0 Å². The molecule has 0 saturated heterocycles. The Labute approximate surface area is 53.0 Å². The predicted octanol–water partition coefficient (Wildman–Crippen LogP) is -1.16. The topological polar surface area (TPSA) is 0 Å². The molecule has 0 bridgehead atoms. The molecule has 0 aromatic heterocycles. The molecule has 33 valence electrons. The molecule has 3 heteroatoms. The number of rotatable bonds is 0. The van der Waals surface area contributed by atoms with Crippen LogP contribution in [0.3, 0.4) is 0 Å². The molecule has 0 aliphatic rings. The smallest absolute Gasteiger partial charge is 0 e. The fraction of sp³-hybridized carbons (Fsp3) is 0. The first-order valence-electron chi connectivity index (χ1n) is 0.591. The van der Waals surface area contributed by atoms with Crippen LogP contribution in [0.25, 0.3) is 0 Å². The monoisotopic (exact) mass is 282 g/mol. The van der Waals surface area contributed by atoms with Gasteiger partial charge in [-0.1, -0.05) is 0 Å². The average Bonchev–Trinajstić information content (AvgIpc) is 0.918. The SMILES string of the molecule is C=[CH][Pt].[SiH4].[Si]. The molecule has 0 N–H and O–H groups in total. The van der Waals surface area contributed by atoms with E-state index in [0.29, 0.717) is 0 Å². The van der Waals surface area contributed by atoms with Crippen molar-refractivity contribution in [3.8, 4) is 0 Å². The standard InChI is InChI=1S/C2H3.Pt.H4Si.Si/c1-2;;;/h1H,2H2;;1H4;. The molecule has 0 amide bonds. The predicted molar refractivity (Wildman–Crippen MR) is 27.3 cm³/mol. The fourth-order valence-electron chi connectivity index (χ4n) is 0. The van der Waals surface area contributed by atoms with E-state index in [9.17, 15) is 0 Å². The number of hydrogen-bond acceptors (Lipinski definition) is 0. The van der Waals surface area contributed by atoms with Crippen molar-refractivity contribution in [2.75, 3.05) is 0 Å². The normalized spacial score (nSPS) is 2.80. The van der Waals surface area contributed by atoms with Crippen LogP contribution in [0.1, 0.15) is 0 Å². The molecular formula is C2H7PtSi2. The molecule has 0 aromatic carbocycles. The minimum Gasteiger partial charge on any atom is -0.0149 e. The van der Waals surface area contributed by atoms with E-state index in [1.165, 1.54) is 0 Å². The van der Waals surface area contributed by atoms with E-state index in [-0.39, 0.29) is 21.9 Å². The Morgan fingerprint density at radius 2 is 1.60 bits per heavy atom. The average molecular weight is 282 g/mol. The molecule has 0 saturated carbocycles. The van der Waals surface area contributed by atoms with Crippen LogP contribution in [0, 0.1) is 0 Å². The van der Waals surface area contributed by atoms with E-state index in [2.05, 4.69) is 6.58 Å². The van der Waals surface area contributed by atoms with Gasteiger partial charge in [0.15, 0.2) is 0 Å². The zero-order valence-electron chi connectivity index (χ0n) is 2.10. The summed E-state index contributed by atoms with van der Waals surface area (Å²) in [6.07, 6.45) is 0. The molecular weight excluding hydrogens is 275 g/mol. The molecule has 0 spiro atoms. The first-order chi connectivity index (χ1) is 1.41. The van der Waals surface area contributed by atoms with Crippen LogP contribution in [-0.2, 0) is 19.8 Å². The van der Waals surface area contributed by atoms with E-state index in [1.54, 1.807) is 4.47 Å². The minimum absolute atomic E-state index is 0. The Bertz CT molecular complexity index is 15.1. The van der Waals surface area contributed by atoms with Crippen molar-refractivity contribution >= 4 is 21.9 Å². The molecule has 0 aromatic rings. The molecule has 0 atom stereocenters. The van der Waals surface area contributed by atoms with Gasteiger partial charge in [-0.15, -0.1) is 0 Å². The van der Waals surface area contributed by atoms with Crippen LogP contribution in [0.2, 0.25) is 0 Å². The summed E-state index contributed by atoms with van der Waals surface area (Å²) in [5.74, 6) is 0. The van der Waals surface area contributed by atoms with Gasteiger partial charge >= 0.3 is 30.9 Å². The summed E-state index contributed by atoms with van der Waals surface area (Å²) in [6, 6.07) is 0. The Morgan fingerprint density at radius 3 is 1.60 bits per heavy atom. The van der Waals surface area contributed by atoms with Gasteiger partial charge in [0.2, 0.25) is 0 Å². The van der Waals surface area contributed by atoms with Crippen LogP contribution < -0.4 is 0 Å². The van der Waals surface area contributed by atoms with Gasteiger partial charge in [-0.2, -0.15) is 0 Å². The quantitative estimate of drug-likeness (QED) is 0.492. The third kappa shape index (κ3) is 53.6. The summed E-state index contributed by atoms with van der Waals surface area (Å²) >= 11 is 2.04. The maximum absolute atomic E-state index is 3.35. The van der Waals surface area contributed by atoms with Crippen LogP contribution in [0.5, 0.6) is 0 Å². The summed E-state index contributed by atoms with van der Waals surface area (Å²) < 4.78 is 1.72. The van der Waals surface area contributed by atoms with Gasteiger partial charge in [0.1, 0.15) is 0 Å². The molecule has 0 heterocycles. The molecule has 0 aliphatic heterocycles. The third-order valence-electron chi connectivity index (χ3n) is 0. The van der Waals surface area contributed by atoms with Gasteiger partial charge in [0.05, 0.1) is 0 Å². The van der Waals surface area contributed by atoms with Gasteiger partial charge in [-0.3, -0.25) is 0 Å². The minimum atomic E-state index is 0. The van der Waals surface area contributed by atoms with Gasteiger partial charge in [0, 0.05) is 11.0 Å². The van der Waals surface area contributed by atoms with Crippen LogP contribution in [0.15, 0.2) is 11.0 Å². The van der Waals surface area contributed by atoms with E-state index in [0.717, 1.165) is 0 Å². The summed E-state index contributed by atoms with van der Waals surface area (Å²) in [6.45, 7) is 3.35. The molecule has 0 fully saturated rings. The van der Waals surface area contributed by atoms with Gasteiger partial charge in [-0.05, 0) is 11.0 Å². The maximum Gasteiger partial charge on any atom is 0 e. The Balaban J connectivity index is -0.0000000200. The van der Waals surface area contributed by atoms with Gasteiger partial charge < -0.3 is 0 Å². The molecule has 5 heavy (non-hydrogen) atoms. The largest absolute Gasteiger partial charge is 0.0149 e. The van der Waals surface area contributed by atoms with E-state index >= 15 is 0 Å². The van der Waals surface area contributed by atoms with E-state index < -0.39 is 0 Å². The number of hydrogen-bond donors (Lipinski definition) is 0. The van der Waals surface area contributed by atoms with Crippen molar-refractivity contribution in [1.29, 1.82) is 0 Å². The zero-order valence-corrected chi connectivity index (χ0v) is 5.37. The summed E-state index contributed by atoms with van der Waals surface area (Å²) in [5.41, 5.74) is 0. The zero-order chi connectivity index (χ0) is 2.71. The molecule has 0 unspecified atom stereocenters. The summed E-state index contributed by atoms with van der Waals surface area (Å²) in [4.78, 5) is 0. The summed E-state index contributed by atoms with van der Waals surface area (Å²) in [5, 5.41) is 0. The second kappa shape index (κ2) is 20.9. The first kappa shape index (κ1) is 16.9. The fourth-order valence-corrected chi connectivity index (χ4v) is 0. The molecule has 0 aliphatic carbocycles. The van der Waals surface area contributed by atoms with Gasteiger partial charge in [-0.25, -0.2) is 0 Å². The Morgan fingerprint density at radius 1 is 1.60 bits per heavy atom. The maximum atomic E-state index is 3.35. The van der Waals surface area contributed by atoms with E-state index in [1.807, 2.05) is 19.8 Å². The summed E-state index contributed by atoms with van der Waals surface area (Å²) in [7, 11) is 0. The van der Waals surface area contributed by atoms with Crippen molar-refractivity contribution in [3.05, 3.63) is 11.0 Å². The van der Waals surface area contributed by atoms with Crippen LogP contribution in [-0.4, -0.2) is 21.9 Å². The second-order valence-corrected chi connectivity index (χ2v) is 1.06. The van der Waals surface area contributed by atoms with Crippen molar-refractivity contribution < 1.29 is 19.8 Å². The van der Waals surface area contributed by atoms with Crippen molar-refractivity contribution in [1.82, 2.24) is 0 Å². The van der Waals surface area contributed by atoms with Crippen molar-refractivity contribution in [2.45, 2.75) is 0 Å². The second-order valence-electron chi connectivity index (χ2n) is 0.129. The van der Waals surface area contributed by atoms with Gasteiger partial charge in [0.25, 0.3) is 0 Å². The molecule has 4 radical (unpaired) electrons. The van der Waals surface area contributed by atoms with Crippen molar-refractivity contribution in [3.63, 3.8) is 0 Å².